The molecule has 21 heavy (non-hydrogen) atoms. The summed E-state index contributed by atoms with van der Waals surface area (Å²) in [4.78, 5) is 11.5. The van der Waals surface area contributed by atoms with E-state index in [1.165, 1.54) is 10.4 Å². The summed E-state index contributed by atoms with van der Waals surface area (Å²) in [7, 11) is 1.66. The lowest BCUT2D eigenvalue weighted by molar-refractivity contribution is 0.178. The van der Waals surface area contributed by atoms with Gasteiger partial charge in [0.1, 0.15) is 17.3 Å². The van der Waals surface area contributed by atoms with E-state index in [0.717, 1.165) is 34.8 Å². The van der Waals surface area contributed by atoms with Gasteiger partial charge in [0.15, 0.2) is 5.82 Å². The van der Waals surface area contributed by atoms with E-state index in [9.17, 15) is 0 Å². The minimum Gasteiger partial charge on any atom is -0.377 e. The van der Waals surface area contributed by atoms with Crippen molar-refractivity contribution in [2.24, 2.45) is 0 Å². The van der Waals surface area contributed by atoms with Gasteiger partial charge < -0.3 is 10.1 Å². The molecule has 6 heteroatoms. The highest BCUT2D eigenvalue weighted by molar-refractivity contribution is 7.18. The van der Waals surface area contributed by atoms with Gasteiger partial charge in [-0.3, -0.25) is 0 Å². The van der Waals surface area contributed by atoms with Crippen LogP contribution in [0.5, 0.6) is 0 Å². The molecule has 0 saturated heterocycles. The molecule has 0 fully saturated rings. The first-order valence-electron chi connectivity index (χ1n) is 6.88. The molecule has 0 bridgehead atoms. The molecule has 0 saturated carbocycles. The zero-order valence-corrected chi connectivity index (χ0v) is 13.7. The van der Waals surface area contributed by atoms with Crippen LogP contribution in [0.15, 0.2) is 22.9 Å². The molecule has 0 aliphatic heterocycles. The van der Waals surface area contributed by atoms with Gasteiger partial charge in [0.05, 0.1) is 5.39 Å². The number of fused-ring (bicyclic) bond motifs is 1. The van der Waals surface area contributed by atoms with Gasteiger partial charge in [0.25, 0.3) is 0 Å². The second-order valence-corrected chi connectivity index (χ2v) is 6.46. The fraction of sp³-hybridized carbons (Fsp3) is 0.333. The highest BCUT2D eigenvalue weighted by Gasteiger charge is 2.15. The van der Waals surface area contributed by atoms with Gasteiger partial charge in [0.2, 0.25) is 0 Å². The van der Waals surface area contributed by atoms with Crippen molar-refractivity contribution < 1.29 is 4.74 Å². The fourth-order valence-electron chi connectivity index (χ4n) is 2.16. The van der Waals surface area contributed by atoms with Crippen molar-refractivity contribution in [3.8, 4) is 10.4 Å². The van der Waals surface area contributed by atoms with Crippen LogP contribution in [0, 0.1) is 0 Å². The second kappa shape index (κ2) is 6.51. The summed E-state index contributed by atoms with van der Waals surface area (Å²) in [5.41, 5.74) is 1.22. The molecule has 0 spiro atoms. The van der Waals surface area contributed by atoms with Crippen LogP contribution < -0.4 is 5.32 Å². The fourth-order valence-corrected chi connectivity index (χ4v) is 3.94. The molecule has 3 heterocycles. The lowest BCUT2D eigenvalue weighted by Gasteiger charge is -2.09. The number of nitrogens with zero attached hydrogens (tertiary/aromatic N) is 2. The maximum absolute atomic E-state index is 5.17. The lowest BCUT2D eigenvalue weighted by Crippen LogP contribution is -2.06. The van der Waals surface area contributed by atoms with Crippen molar-refractivity contribution in [1.82, 2.24) is 9.97 Å². The number of methoxy groups -OCH3 is 1. The molecular formula is C15H17N3OS2. The molecular weight excluding hydrogens is 302 g/mol. The zero-order chi connectivity index (χ0) is 14.7. The van der Waals surface area contributed by atoms with Crippen LogP contribution in [0.1, 0.15) is 19.2 Å². The summed E-state index contributed by atoms with van der Waals surface area (Å²) in [5.74, 6) is 1.64. The average Bonchev–Trinajstić information content (AvgIpc) is 3.13. The molecule has 0 atom stereocenters. The number of aromatic nitrogens is 2. The molecule has 3 rings (SSSR count). The first-order chi connectivity index (χ1) is 10.3. The number of thiophene rings is 2. The van der Waals surface area contributed by atoms with E-state index in [-0.39, 0.29) is 0 Å². The number of rotatable bonds is 6. The zero-order valence-electron chi connectivity index (χ0n) is 12.0. The summed E-state index contributed by atoms with van der Waals surface area (Å²) in [6.07, 6.45) is 1.06. The minimum atomic E-state index is 0.434. The number of hydrogen-bond donors (Lipinski definition) is 1. The van der Waals surface area contributed by atoms with Gasteiger partial charge in [0, 0.05) is 29.5 Å². The quantitative estimate of drug-likeness (QED) is 0.732. The topological polar surface area (TPSA) is 47.0 Å². The molecule has 3 aromatic rings. The van der Waals surface area contributed by atoms with Crippen LogP contribution in [0.25, 0.3) is 20.7 Å². The highest BCUT2D eigenvalue weighted by atomic mass is 32.1. The van der Waals surface area contributed by atoms with Crippen molar-refractivity contribution in [2.75, 3.05) is 19.0 Å². The number of nitrogens with one attached hydrogen (secondary N) is 1. The minimum absolute atomic E-state index is 0.434. The number of ether oxygens (including phenoxy) is 1. The van der Waals surface area contributed by atoms with Crippen LogP contribution in [0.2, 0.25) is 0 Å². The number of anilines is 1. The van der Waals surface area contributed by atoms with Gasteiger partial charge in [-0.25, -0.2) is 9.97 Å². The van der Waals surface area contributed by atoms with Crippen molar-refractivity contribution in [3.63, 3.8) is 0 Å². The largest absolute Gasteiger partial charge is 0.377 e. The third kappa shape index (κ3) is 2.92. The summed E-state index contributed by atoms with van der Waals surface area (Å²) in [6, 6.07) is 4.21. The van der Waals surface area contributed by atoms with E-state index in [2.05, 4.69) is 45.1 Å². The Balaban J connectivity index is 2.14. The Hall–Kier alpha value is -1.50. The van der Waals surface area contributed by atoms with Gasteiger partial charge in [-0.1, -0.05) is 13.0 Å². The third-order valence-corrected chi connectivity index (χ3v) is 4.86. The first-order valence-corrected chi connectivity index (χ1v) is 8.64. The predicted molar refractivity (Wildman–Crippen MR) is 90.2 cm³/mol. The van der Waals surface area contributed by atoms with Crippen LogP contribution in [-0.4, -0.2) is 23.6 Å². The van der Waals surface area contributed by atoms with E-state index >= 15 is 0 Å². The number of hydrogen-bond acceptors (Lipinski definition) is 6. The van der Waals surface area contributed by atoms with Crippen molar-refractivity contribution in [3.05, 3.63) is 28.7 Å². The Bertz CT molecular complexity index is 722. The first kappa shape index (κ1) is 14.4. The molecule has 0 unspecified atom stereocenters. The summed E-state index contributed by atoms with van der Waals surface area (Å²) in [5, 5.41) is 8.81. The van der Waals surface area contributed by atoms with Gasteiger partial charge in [-0.15, -0.1) is 22.7 Å². The molecule has 0 aromatic carbocycles. The lowest BCUT2D eigenvalue weighted by atomic mass is 10.2. The molecule has 0 aliphatic carbocycles. The highest BCUT2D eigenvalue weighted by Crippen LogP contribution is 2.38. The molecule has 0 amide bonds. The molecule has 0 radical (unpaired) electrons. The smallest absolute Gasteiger partial charge is 0.158 e. The molecule has 110 valence electrons. The third-order valence-electron chi connectivity index (χ3n) is 3.08. The van der Waals surface area contributed by atoms with E-state index in [4.69, 9.17) is 4.74 Å². The van der Waals surface area contributed by atoms with Gasteiger partial charge in [-0.05, 0) is 17.9 Å². The Kier molecular flexibility index (Phi) is 4.48. The van der Waals surface area contributed by atoms with E-state index < -0.39 is 0 Å². The predicted octanol–water partition coefficient (Wildman–Crippen LogP) is 4.39. The van der Waals surface area contributed by atoms with E-state index in [1.807, 2.05) is 0 Å². The molecule has 4 nitrogen and oxygen atoms in total. The summed E-state index contributed by atoms with van der Waals surface area (Å²) in [6.45, 7) is 3.48. The maximum atomic E-state index is 5.17. The molecule has 1 N–H and O–H groups in total. The van der Waals surface area contributed by atoms with Crippen LogP contribution in [0.4, 0.5) is 5.82 Å². The van der Waals surface area contributed by atoms with Crippen LogP contribution in [-0.2, 0) is 11.3 Å². The SMILES string of the molecule is CCCNc1nc(COC)nc2scc(-c3cccs3)c12. The Morgan fingerprint density at radius 1 is 1.29 bits per heavy atom. The Morgan fingerprint density at radius 2 is 2.19 bits per heavy atom. The van der Waals surface area contributed by atoms with E-state index in [0.29, 0.717) is 6.61 Å². The van der Waals surface area contributed by atoms with Gasteiger partial charge >= 0.3 is 0 Å². The second-order valence-electron chi connectivity index (χ2n) is 4.66. The average molecular weight is 319 g/mol. The van der Waals surface area contributed by atoms with Crippen molar-refractivity contribution in [1.29, 1.82) is 0 Å². The summed E-state index contributed by atoms with van der Waals surface area (Å²) < 4.78 is 5.17. The monoisotopic (exact) mass is 319 g/mol. The summed E-state index contributed by atoms with van der Waals surface area (Å²) >= 11 is 3.40. The van der Waals surface area contributed by atoms with Crippen molar-refractivity contribution in [2.45, 2.75) is 20.0 Å². The Morgan fingerprint density at radius 3 is 2.90 bits per heavy atom. The van der Waals surface area contributed by atoms with Crippen LogP contribution >= 0.6 is 22.7 Å². The normalized spacial score (nSPS) is 11.1. The van der Waals surface area contributed by atoms with E-state index in [1.54, 1.807) is 29.8 Å². The van der Waals surface area contributed by atoms with Crippen LogP contribution in [0.3, 0.4) is 0 Å². The standard InChI is InChI=1S/C15H17N3OS2/c1-3-6-16-14-13-10(11-5-4-7-20-11)9-21-15(13)18-12(17-14)8-19-2/h4-5,7,9H,3,6,8H2,1-2H3,(H,16,17,18). The molecule has 0 aliphatic rings. The maximum Gasteiger partial charge on any atom is 0.158 e. The van der Waals surface area contributed by atoms with Crippen molar-refractivity contribution >= 4 is 38.7 Å². The molecule has 3 aromatic heterocycles. The Labute approximate surface area is 131 Å². The van der Waals surface area contributed by atoms with Gasteiger partial charge in [-0.2, -0.15) is 0 Å².